The van der Waals surface area contributed by atoms with Gasteiger partial charge >= 0.3 is 5.97 Å². The van der Waals surface area contributed by atoms with E-state index in [9.17, 15) is 4.79 Å². The molecule has 5 nitrogen and oxygen atoms in total. The van der Waals surface area contributed by atoms with Gasteiger partial charge in [-0.2, -0.15) is 0 Å². The number of carbonyl (C=O) groups is 1. The fourth-order valence-electron chi connectivity index (χ4n) is 2.47. The van der Waals surface area contributed by atoms with E-state index in [4.69, 9.17) is 9.84 Å². The number of rotatable bonds is 7. The molecule has 2 rings (SSSR count). The Morgan fingerprint density at radius 2 is 2.38 bits per heavy atom. The SMILES string of the molecule is CCC1CNc2cc(CC(C)NCCC(=O)O)ccc2O1. The zero-order valence-corrected chi connectivity index (χ0v) is 12.7. The molecule has 0 bridgehead atoms. The molecule has 3 N–H and O–H groups in total. The van der Waals surface area contributed by atoms with Crippen molar-refractivity contribution in [3.8, 4) is 5.75 Å². The Morgan fingerprint density at radius 1 is 1.57 bits per heavy atom. The number of hydrogen-bond donors (Lipinski definition) is 3. The van der Waals surface area contributed by atoms with Gasteiger partial charge in [0.2, 0.25) is 0 Å². The number of anilines is 1. The third-order valence-corrected chi connectivity index (χ3v) is 3.69. The van der Waals surface area contributed by atoms with Crippen molar-refractivity contribution in [3.05, 3.63) is 23.8 Å². The summed E-state index contributed by atoms with van der Waals surface area (Å²) in [5, 5.41) is 15.3. The molecule has 0 aliphatic carbocycles. The molecule has 5 heteroatoms. The van der Waals surface area contributed by atoms with Crippen LogP contribution < -0.4 is 15.4 Å². The molecule has 0 fully saturated rings. The van der Waals surface area contributed by atoms with E-state index in [0.29, 0.717) is 6.54 Å². The minimum absolute atomic E-state index is 0.155. The smallest absolute Gasteiger partial charge is 0.304 e. The number of nitrogens with one attached hydrogen (secondary N) is 2. The summed E-state index contributed by atoms with van der Waals surface area (Å²) in [7, 11) is 0. The number of ether oxygens (including phenoxy) is 1. The van der Waals surface area contributed by atoms with Crippen molar-refractivity contribution in [1.82, 2.24) is 5.32 Å². The normalized spacial score (nSPS) is 18.3. The second-order valence-corrected chi connectivity index (χ2v) is 5.56. The highest BCUT2D eigenvalue weighted by molar-refractivity contribution is 5.66. The number of carboxylic acids is 1. The van der Waals surface area contributed by atoms with E-state index in [1.54, 1.807) is 0 Å². The number of aliphatic carboxylic acids is 1. The lowest BCUT2D eigenvalue weighted by molar-refractivity contribution is -0.136. The van der Waals surface area contributed by atoms with E-state index >= 15 is 0 Å². The monoisotopic (exact) mass is 292 g/mol. The van der Waals surface area contributed by atoms with Crippen LogP contribution >= 0.6 is 0 Å². The topological polar surface area (TPSA) is 70.6 Å². The van der Waals surface area contributed by atoms with Crippen LogP contribution in [-0.4, -0.2) is 36.3 Å². The fraction of sp³-hybridized carbons (Fsp3) is 0.562. The number of fused-ring (bicyclic) bond motifs is 1. The second kappa shape index (κ2) is 7.31. The molecule has 0 amide bonds. The van der Waals surface area contributed by atoms with Crippen LogP contribution in [0.15, 0.2) is 18.2 Å². The summed E-state index contributed by atoms with van der Waals surface area (Å²) in [5.74, 6) is 0.152. The Bertz CT molecular complexity index is 490. The van der Waals surface area contributed by atoms with Crippen molar-refractivity contribution in [1.29, 1.82) is 0 Å². The van der Waals surface area contributed by atoms with Crippen LogP contribution in [0.2, 0.25) is 0 Å². The highest BCUT2D eigenvalue weighted by Crippen LogP contribution is 2.30. The molecule has 0 saturated carbocycles. The van der Waals surface area contributed by atoms with Crippen molar-refractivity contribution < 1.29 is 14.6 Å². The van der Waals surface area contributed by atoms with Crippen molar-refractivity contribution >= 4 is 11.7 Å². The van der Waals surface area contributed by atoms with Crippen LogP contribution in [0.4, 0.5) is 5.69 Å². The molecule has 0 radical (unpaired) electrons. The third-order valence-electron chi connectivity index (χ3n) is 3.69. The lowest BCUT2D eigenvalue weighted by Crippen LogP contribution is -2.31. The highest BCUT2D eigenvalue weighted by Gasteiger charge is 2.18. The van der Waals surface area contributed by atoms with Crippen LogP contribution in [-0.2, 0) is 11.2 Å². The van der Waals surface area contributed by atoms with Crippen LogP contribution in [0.25, 0.3) is 0 Å². The van der Waals surface area contributed by atoms with Crippen LogP contribution in [0.5, 0.6) is 5.75 Å². The standard InChI is InChI=1S/C16H24N2O3/c1-3-13-10-18-14-9-12(4-5-15(14)21-13)8-11(2)17-7-6-16(19)20/h4-5,9,11,13,17-18H,3,6-8,10H2,1-2H3,(H,19,20). The first kappa shape index (κ1) is 15.6. The molecule has 1 aliphatic rings. The van der Waals surface area contributed by atoms with Crippen LogP contribution in [0, 0.1) is 0 Å². The van der Waals surface area contributed by atoms with Gasteiger partial charge in [0.25, 0.3) is 0 Å². The minimum atomic E-state index is -0.768. The zero-order chi connectivity index (χ0) is 15.2. The molecular weight excluding hydrogens is 268 g/mol. The number of benzene rings is 1. The molecule has 2 atom stereocenters. The first-order valence-electron chi connectivity index (χ1n) is 7.57. The Hall–Kier alpha value is -1.75. The van der Waals surface area contributed by atoms with Gasteiger partial charge in [0.15, 0.2) is 0 Å². The minimum Gasteiger partial charge on any atom is -0.486 e. The predicted molar refractivity (Wildman–Crippen MR) is 83.1 cm³/mol. The van der Waals surface area contributed by atoms with E-state index in [1.165, 1.54) is 5.56 Å². The van der Waals surface area contributed by atoms with Gasteiger partial charge in [-0.25, -0.2) is 0 Å². The van der Waals surface area contributed by atoms with Gasteiger partial charge in [-0.15, -0.1) is 0 Å². The van der Waals surface area contributed by atoms with Crippen molar-refractivity contribution in [2.45, 2.75) is 45.3 Å². The summed E-state index contributed by atoms with van der Waals surface area (Å²) in [5.41, 5.74) is 2.27. The molecule has 116 valence electrons. The molecule has 1 aromatic carbocycles. The number of carboxylic acid groups (broad SMARTS) is 1. The summed E-state index contributed by atoms with van der Waals surface area (Å²) in [4.78, 5) is 10.5. The van der Waals surface area contributed by atoms with E-state index < -0.39 is 5.97 Å². The zero-order valence-electron chi connectivity index (χ0n) is 12.7. The van der Waals surface area contributed by atoms with Gasteiger partial charge in [-0.1, -0.05) is 13.0 Å². The van der Waals surface area contributed by atoms with Gasteiger partial charge in [0.1, 0.15) is 11.9 Å². The van der Waals surface area contributed by atoms with Gasteiger partial charge in [0.05, 0.1) is 18.7 Å². The molecular formula is C16H24N2O3. The Kier molecular flexibility index (Phi) is 5.44. The summed E-state index contributed by atoms with van der Waals surface area (Å²) in [6, 6.07) is 6.46. The molecule has 21 heavy (non-hydrogen) atoms. The molecule has 0 saturated heterocycles. The molecule has 0 aromatic heterocycles. The van der Waals surface area contributed by atoms with E-state index in [2.05, 4.69) is 36.6 Å². The van der Waals surface area contributed by atoms with E-state index in [1.807, 2.05) is 6.07 Å². The molecule has 1 heterocycles. The van der Waals surface area contributed by atoms with Crippen molar-refractivity contribution in [3.63, 3.8) is 0 Å². The van der Waals surface area contributed by atoms with Gasteiger partial charge in [0, 0.05) is 12.6 Å². The average molecular weight is 292 g/mol. The molecule has 1 aliphatic heterocycles. The van der Waals surface area contributed by atoms with E-state index in [0.717, 1.165) is 30.8 Å². The maximum atomic E-state index is 10.5. The Labute approximate surface area is 125 Å². The quantitative estimate of drug-likeness (QED) is 0.719. The average Bonchev–Trinajstić information content (AvgIpc) is 2.46. The van der Waals surface area contributed by atoms with E-state index in [-0.39, 0.29) is 18.6 Å². The first-order valence-corrected chi connectivity index (χ1v) is 7.57. The van der Waals surface area contributed by atoms with Gasteiger partial charge in [-0.3, -0.25) is 4.79 Å². The Morgan fingerprint density at radius 3 is 3.10 bits per heavy atom. The van der Waals surface area contributed by atoms with Crippen LogP contribution in [0.1, 0.15) is 32.3 Å². The lowest BCUT2D eigenvalue weighted by atomic mass is 10.0. The molecule has 2 unspecified atom stereocenters. The largest absolute Gasteiger partial charge is 0.486 e. The maximum absolute atomic E-state index is 10.5. The van der Waals surface area contributed by atoms with Crippen molar-refractivity contribution in [2.24, 2.45) is 0 Å². The summed E-state index contributed by atoms with van der Waals surface area (Å²) in [6.45, 7) is 5.54. The Balaban J connectivity index is 1.88. The maximum Gasteiger partial charge on any atom is 0.304 e. The third kappa shape index (κ3) is 4.63. The molecule has 0 spiro atoms. The van der Waals surface area contributed by atoms with Crippen molar-refractivity contribution in [2.75, 3.05) is 18.4 Å². The number of hydrogen-bond acceptors (Lipinski definition) is 4. The van der Waals surface area contributed by atoms with Crippen LogP contribution in [0.3, 0.4) is 0 Å². The summed E-state index contributed by atoms with van der Waals surface area (Å²) >= 11 is 0. The highest BCUT2D eigenvalue weighted by atomic mass is 16.5. The predicted octanol–water partition coefficient (Wildman–Crippen LogP) is 2.26. The summed E-state index contributed by atoms with van der Waals surface area (Å²) in [6.07, 6.45) is 2.27. The fourth-order valence-corrected chi connectivity index (χ4v) is 2.47. The van der Waals surface area contributed by atoms with Gasteiger partial charge < -0.3 is 20.5 Å². The molecule has 1 aromatic rings. The summed E-state index contributed by atoms with van der Waals surface area (Å²) < 4.78 is 5.89. The first-order chi connectivity index (χ1) is 10.1. The van der Waals surface area contributed by atoms with Gasteiger partial charge in [-0.05, 0) is 37.5 Å². The second-order valence-electron chi connectivity index (χ2n) is 5.56. The lowest BCUT2D eigenvalue weighted by Gasteiger charge is -2.27.